The molecule has 18 heavy (non-hydrogen) atoms. The molecule has 6 heteroatoms. The summed E-state index contributed by atoms with van der Waals surface area (Å²) in [4.78, 5) is 17.8. The van der Waals surface area contributed by atoms with Gasteiger partial charge in [0.2, 0.25) is 5.11 Å². The molecule has 0 saturated heterocycles. The van der Waals surface area contributed by atoms with Crippen LogP contribution in [0.25, 0.3) is 0 Å². The summed E-state index contributed by atoms with van der Waals surface area (Å²) in [5, 5.41) is 2.64. The molecule has 5 nitrogen and oxygen atoms in total. The first-order chi connectivity index (χ1) is 8.58. The van der Waals surface area contributed by atoms with Crippen molar-refractivity contribution in [3.63, 3.8) is 0 Å². The summed E-state index contributed by atoms with van der Waals surface area (Å²) in [6.07, 6.45) is 1.43. The third kappa shape index (κ3) is 3.96. The predicted octanol–water partition coefficient (Wildman–Crippen LogP) is 2.05. The second-order valence-corrected chi connectivity index (χ2v) is 3.95. The number of hydrogen-bond acceptors (Lipinski definition) is 3. The smallest absolute Gasteiger partial charge is 0.293 e. The number of amides is 1. The lowest BCUT2D eigenvalue weighted by Gasteiger charge is -2.19. The molecule has 1 amide bonds. The molecular formula is C12H17N3O2S. The van der Waals surface area contributed by atoms with Crippen LogP contribution in [-0.2, 0) is 0 Å². The fraction of sp³-hybridized carbons (Fsp3) is 0.417. The Morgan fingerprint density at radius 2 is 2.17 bits per heavy atom. The summed E-state index contributed by atoms with van der Waals surface area (Å²) in [6, 6.07) is 3.21. The number of thiocarbonyl (C=S) groups is 1. The third-order valence-electron chi connectivity index (χ3n) is 2.45. The quantitative estimate of drug-likeness (QED) is 0.517. The first-order valence-corrected chi connectivity index (χ1v) is 6.18. The predicted molar refractivity (Wildman–Crippen MR) is 74.8 cm³/mol. The van der Waals surface area contributed by atoms with Crippen molar-refractivity contribution in [1.82, 2.24) is 10.2 Å². The summed E-state index contributed by atoms with van der Waals surface area (Å²) in [5.74, 6) is 0.610. The van der Waals surface area contributed by atoms with Crippen molar-refractivity contribution < 1.29 is 9.21 Å². The van der Waals surface area contributed by atoms with Crippen molar-refractivity contribution in [2.24, 2.45) is 4.99 Å². The van der Waals surface area contributed by atoms with Gasteiger partial charge in [-0.25, -0.2) is 4.99 Å². The van der Waals surface area contributed by atoms with E-state index in [1.165, 1.54) is 6.26 Å². The molecular weight excluding hydrogens is 250 g/mol. The standard InChI is InChI=1S/C12H17N3O2S/c1-4-15(5-2)9(3)13-12(18)14-11(16)10-7-6-8-17-10/h6-8H,4-5H2,1-3H3,(H,14,16,18). The van der Waals surface area contributed by atoms with E-state index in [0.717, 1.165) is 18.9 Å². The highest BCUT2D eigenvalue weighted by Gasteiger charge is 2.10. The lowest BCUT2D eigenvalue weighted by Crippen LogP contribution is -2.32. The van der Waals surface area contributed by atoms with Crippen LogP contribution >= 0.6 is 12.2 Å². The Hall–Kier alpha value is -1.69. The number of amidine groups is 1. The zero-order valence-electron chi connectivity index (χ0n) is 10.8. The van der Waals surface area contributed by atoms with E-state index >= 15 is 0 Å². The average molecular weight is 267 g/mol. The number of carbonyl (C=O) groups excluding carboxylic acids is 1. The second-order valence-electron chi connectivity index (χ2n) is 3.57. The minimum absolute atomic E-state index is 0.140. The molecule has 0 atom stereocenters. The average Bonchev–Trinajstić information content (AvgIpc) is 2.83. The van der Waals surface area contributed by atoms with Gasteiger partial charge in [0.05, 0.1) is 6.26 Å². The molecule has 0 unspecified atom stereocenters. The van der Waals surface area contributed by atoms with Gasteiger partial charge >= 0.3 is 0 Å². The summed E-state index contributed by atoms with van der Waals surface area (Å²) in [6.45, 7) is 7.62. The summed E-state index contributed by atoms with van der Waals surface area (Å²) in [5.41, 5.74) is 0. The van der Waals surface area contributed by atoms with Crippen LogP contribution in [0.5, 0.6) is 0 Å². The van der Waals surface area contributed by atoms with E-state index in [-0.39, 0.29) is 16.8 Å². The number of hydrogen-bond donors (Lipinski definition) is 1. The van der Waals surface area contributed by atoms with Gasteiger partial charge in [-0.15, -0.1) is 0 Å². The van der Waals surface area contributed by atoms with E-state index in [2.05, 4.69) is 10.3 Å². The highest BCUT2D eigenvalue weighted by Crippen LogP contribution is 1.99. The van der Waals surface area contributed by atoms with E-state index < -0.39 is 0 Å². The third-order valence-corrected chi connectivity index (χ3v) is 2.64. The molecule has 1 rings (SSSR count). The van der Waals surface area contributed by atoms with Crippen molar-refractivity contribution in [3.8, 4) is 0 Å². The van der Waals surface area contributed by atoms with Crippen LogP contribution in [0.15, 0.2) is 27.8 Å². The zero-order chi connectivity index (χ0) is 13.5. The Morgan fingerprint density at radius 1 is 1.50 bits per heavy atom. The number of nitrogens with zero attached hydrogens (tertiary/aromatic N) is 2. The zero-order valence-corrected chi connectivity index (χ0v) is 11.6. The van der Waals surface area contributed by atoms with Crippen molar-refractivity contribution in [3.05, 3.63) is 24.2 Å². The highest BCUT2D eigenvalue weighted by atomic mass is 32.1. The van der Waals surface area contributed by atoms with Crippen LogP contribution in [-0.4, -0.2) is 34.8 Å². The van der Waals surface area contributed by atoms with Gasteiger partial charge in [0.25, 0.3) is 5.91 Å². The minimum Gasteiger partial charge on any atom is -0.459 e. The number of rotatable bonds is 3. The fourth-order valence-electron chi connectivity index (χ4n) is 1.49. The minimum atomic E-state index is -0.388. The molecule has 0 aliphatic rings. The van der Waals surface area contributed by atoms with Crippen molar-refractivity contribution in [1.29, 1.82) is 0 Å². The van der Waals surface area contributed by atoms with Crippen molar-refractivity contribution in [2.75, 3.05) is 13.1 Å². The molecule has 0 saturated carbocycles. The molecule has 1 heterocycles. The normalized spacial score (nSPS) is 11.2. The van der Waals surface area contributed by atoms with Gasteiger partial charge in [0.1, 0.15) is 5.84 Å². The van der Waals surface area contributed by atoms with Crippen LogP contribution in [0, 0.1) is 0 Å². The Labute approximate surface area is 112 Å². The first kappa shape index (κ1) is 14.4. The Bertz CT molecular complexity index is 436. The molecule has 1 aromatic heterocycles. The largest absolute Gasteiger partial charge is 0.459 e. The number of carbonyl (C=O) groups is 1. The van der Waals surface area contributed by atoms with Crippen molar-refractivity contribution in [2.45, 2.75) is 20.8 Å². The van der Waals surface area contributed by atoms with Gasteiger partial charge in [-0.3, -0.25) is 10.1 Å². The molecule has 0 spiro atoms. The van der Waals surface area contributed by atoms with Crippen LogP contribution in [0.2, 0.25) is 0 Å². The molecule has 0 aromatic carbocycles. The Balaban J connectivity index is 2.61. The molecule has 0 aliphatic heterocycles. The molecule has 1 N–H and O–H groups in total. The Morgan fingerprint density at radius 3 is 2.67 bits per heavy atom. The van der Waals surface area contributed by atoms with Gasteiger partial charge < -0.3 is 9.32 Å². The molecule has 0 bridgehead atoms. The fourth-order valence-corrected chi connectivity index (χ4v) is 1.72. The highest BCUT2D eigenvalue weighted by molar-refractivity contribution is 7.80. The van der Waals surface area contributed by atoms with Gasteiger partial charge in [0.15, 0.2) is 5.76 Å². The van der Waals surface area contributed by atoms with E-state index in [1.807, 2.05) is 25.7 Å². The summed E-state index contributed by atoms with van der Waals surface area (Å²) < 4.78 is 4.96. The van der Waals surface area contributed by atoms with E-state index in [1.54, 1.807) is 12.1 Å². The lowest BCUT2D eigenvalue weighted by molar-refractivity contribution is 0.0950. The van der Waals surface area contributed by atoms with Gasteiger partial charge in [-0.05, 0) is 45.1 Å². The lowest BCUT2D eigenvalue weighted by atomic mass is 10.4. The second kappa shape index (κ2) is 6.90. The maximum Gasteiger partial charge on any atom is 0.293 e. The molecule has 1 aromatic rings. The molecule has 0 fully saturated rings. The van der Waals surface area contributed by atoms with Crippen LogP contribution in [0.3, 0.4) is 0 Å². The summed E-state index contributed by atoms with van der Waals surface area (Å²) >= 11 is 5.01. The van der Waals surface area contributed by atoms with E-state index in [0.29, 0.717) is 0 Å². The maximum atomic E-state index is 11.6. The SMILES string of the molecule is CCN(CC)C(C)=NC(=S)NC(=O)c1ccco1. The maximum absolute atomic E-state index is 11.6. The van der Waals surface area contributed by atoms with Crippen LogP contribution in [0.4, 0.5) is 0 Å². The molecule has 0 radical (unpaired) electrons. The van der Waals surface area contributed by atoms with Gasteiger partial charge in [0, 0.05) is 13.1 Å². The number of aliphatic imine (C=N–C) groups is 1. The van der Waals surface area contributed by atoms with Gasteiger partial charge in [-0.1, -0.05) is 0 Å². The first-order valence-electron chi connectivity index (χ1n) is 5.77. The monoisotopic (exact) mass is 267 g/mol. The van der Waals surface area contributed by atoms with Crippen LogP contribution < -0.4 is 5.32 Å². The summed E-state index contributed by atoms with van der Waals surface area (Å²) in [7, 11) is 0. The van der Waals surface area contributed by atoms with E-state index in [4.69, 9.17) is 16.6 Å². The molecule has 98 valence electrons. The molecule has 0 aliphatic carbocycles. The van der Waals surface area contributed by atoms with Gasteiger partial charge in [-0.2, -0.15) is 0 Å². The number of furan rings is 1. The van der Waals surface area contributed by atoms with E-state index in [9.17, 15) is 4.79 Å². The van der Waals surface area contributed by atoms with Crippen molar-refractivity contribution >= 4 is 29.1 Å². The van der Waals surface area contributed by atoms with Crippen LogP contribution in [0.1, 0.15) is 31.3 Å². The Kier molecular flexibility index (Phi) is 5.51. The topological polar surface area (TPSA) is 57.8 Å². The number of nitrogens with one attached hydrogen (secondary N) is 1.